The first-order chi connectivity index (χ1) is 6.96. The molecule has 15 heavy (non-hydrogen) atoms. The Morgan fingerprint density at radius 2 is 2.27 bits per heavy atom. The van der Waals surface area contributed by atoms with Crippen LogP contribution in [0.3, 0.4) is 0 Å². The average Bonchev–Trinajstić information content (AvgIpc) is 2.36. The Kier molecular flexibility index (Phi) is 2.18. The Morgan fingerprint density at radius 1 is 1.53 bits per heavy atom. The Morgan fingerprint density at radius 3 is 2.93 bits per heavy atom. The van der Waals surface area contributed by atoms with E-state index in [9.17, 15) is 4.79 Å². The van der Waals surface area contributed by atoms with Crippen LogP contribution in [0.15, 0.2) is 18.2 Å². The van der Waals surface area contributed by atoms with Crippen LogP contribution in [0.1, 0.15) is 25.0 Å². The molecule has 0 saturated carbocycles. The number of ether oxygens (including phenoxy) is 1. The van der Waals surface area contributed by atoms with E-state index < -0.39 is 0 Å². The molecule has 1 aromatic rings. The fraction of sp³-hybridized carbons (Fsp3) is 0.417. The van der Waals surface area contributed by atoms with Gasteiger partial charge in [-0.25, -0.2) is 0 Å². The topological polar surface area (TPSA) is 52.3 Å². The van der Waals surface area contributed by atoms with Gasteiger partial charge in [-0.2, -0.15) is 0 Å². The molecule has 0 aromatic heterocycles. The highest BCUT2D eigenvalue weighted by Gasteiger charge is 2.29. The van der Waals surface area contributed by atoms with E-state index in [4.69, 9.17) is 10.5 Å². The van der Waals surface area contributed by atoms with Gasteiger partial charge in [0.15, 0.2) is 0 Å². The van der Waals surface area contributed by atoms with E-state index in [2.05, 4.69) is 13.8 Å². The minimum atomic E-state index is -0.298. The maximum absolute atomic E-state index is 10.8. The van der Waals surface area contributed by atoms with Gasteiger partial charge in [-0.1, -0.05) is 12.1 Å². The number of rotatable bonds is 2. The number of amides is 1. The lowest BCUT2D eigenvalue weighted by Gasteiger charge is -2.16. The Hall–Kier alpha value is -1.51. The summed E-state index contributed by atoms with van der Waals surface area (Å²) < 4.78 is 5.74. The van der Waals surface area contributed by atoms with E-state index in [0.29, 0.717) is 6.42 Å². The highest BCUT2D eigenvalue weighted by molar-refractivity contribution is 5.76. The second-order valence-electron chi connectivity index (χ2n) is 4.62. The number of primary amides is 1. The highest BCUT2D eigenvalue weighted by atomic mass is 16.5. The monoisotopic (exact) mass is 205 g/mol. The molecule has 0 aliphatic carbocycles. The first-order valence-electron chi connectivity index (χ1n) is 5.05. The van der Waals surface area contributed by atoms with Gasteiger partial charge in [0, 0.05) is 6.42 Å². The van der Waals surface area contributed by atoms with Gasteiger partial charge in [0.1, 0.15) is 11.4 Å². The number of nitrogens with two attached hydrogens (primary N) is 1. The molecule has 0 spiro atoms. The lowest BCUT2D eigenvalue weighted by molar-refractivity contribution is -0.117. The molecule has 0 fully saturated rings. The van der Waals surface area contributed by atoms with Crippen LogP contribution in [0.2, 0.25) is 0 Å². The molecule has 0 unspecified atom stereocenters. The third-order valence-corrected chi connectivity index (χ3v) is 2.51. The SMILES string of the molecule is CC1(C)Cc2cc(CC(N)=O)ccc2O1. The second kappa shape index (κ2) is 3.26. The standard InChI is InChI=1S/C12H15NO2/c1-12(2)7-9-5-8(6-11(13)14)3-4-10(9)15-12/h3-5H,6-7H2,1-2H3,(H2,13,14). The molecule has 1 aliphatic heterocycles. The fourth-order valence-electron chi connectivity index (χ4n) is 1.97. The number of benzene rings is 1. The van der Waals surface area contributed by atoms with Crippen LogP contribution in [-0.2, 0) is 17.6 Å². The van der Waals surface area contributed by atoms with Crippen LogP contribution < -0.4 is 10.5 Å². The molecule has 1 heterocycles. The summed E-state index contributed by atoms with van der Waals surface area (Å²) in [5, 5.41) is 0. The van der Waals surface area contributed by atoms with E-state index >= 15 is 0 Å². The van der Waals surface area contributed by atoms with Crippen molar-refractivity contribution < 1.29 is 9.53 Å². The largest absolute Gasteiger partial charge is 0.487 e. The smallest absolute Gasteiger partial charge is 0.221 e. The number of fused-ring (bicyclic) bond motifs is 1. The molecule has 2 rings (SSSR count). The summed E-state index contributed by atoms with van der Waals surface area (Å²) in [6.07, 6.45) is 1.18. The molecule has 80 valence electrons. The second-order valence-corrected chi connectivity index (χ2v) is 4.62. The number of carbonyl (C=O) groups is 1. The average molecular weight is 205 g/mol. The molecule has 3 heteroatoms. The summed E-state index contributed by atoms with van der Waals surface area (Å²) in [5.74, 6) is 0.626. The summed E-state index contributed by atoms with van der Waals surface area (Å²) in [7, 11) is 0. The lowest BCUT2D eigenvalue weighted by Crippen LogP contribution is -2.24. The van der Waals surface area contributed by atoms with Gasteiger partial charge in [-0.15, -0.1) is 0 Å². The minimum absolute atomic E-state index is 0.131. The quantitative estimate of drug-likeness (QED) is 0.794. The molecule has 0 bridgehead atoms. The zero-order valence-electron chi connectivity index (χ0n) is 9.04. The number of hydrogen-bond acceptors (Lipinski definition) is 2. The van der Waals surface area contributed by atoms with E-state index in [-0.39, 0.29) is 11.5 Å². The number of hydrogen-bond donors (Lipinski definition) is 1. The summed E-state index contributed by atoms with van der Waals surface area (Å²) in [6.45, 7) is 4.11. The van der Waals surface area contributed by atoms with Crippen molar-refractivity contribution in [1.82, 2.24) is 0 Å². The Labute approximate surface area is 89.2 Å². The van der Waals surface area contributed by atoms with E-state index in [1.54, 1.807) is 0 Å². The van der Waals surface area contributed by atoms with Gasteiger partial charge in [-0.3, -0.25) is 4.79 Å². The van der Waals surface area contributed by atoms with Crippen LogP contribution in [0.5, 0.6) is 5.75 Å². The van der Waals surface area contributed by atoms with E-state index in [1.807, 2.05) is 18.2 Å². The predicted molar refractivity (Wildman–Crippen MR) is 57.8 cm³/mol. The van der Waals surface area contributed by atoms with Crippen LogP contribution in [0.25, 0.3) is 0 Å². The van der Waals surface area contributed by atoms with Crippen LogP contribution in [0, 0.1) is 0 Å². The van der Waals surface area contributed by atoms with Gasteiger partial charge in [0.2, 0.25) is 5.91 Å². The van der Waals surface area contributed by atoms with Gasteiger partial charge < -0.3 is 10.5 Å². The molecule has 1 aromatic carbocycles. The lowest BCUT2D eigenvalue weighted by atomic mass is 9.99. The molecular formula is C12H15NO2. The first-order valence-corrected chi connectivity index (χ1v) is 5.05. The highest BCUT2D eigenvalue weighted by Crippen LogP contribution is 2.35. The molecule has 0 atom stereocenters. The predicted octanol–water partition coefficient (Wildman–Crippen LogP) is 1.43. The van der Waals surface area contributed by atoms with E-state index in [1.165, 1.54) is 5.56 Å². The van der Waals surface area contributed by atoms with Crippen molar-refractivity contribution in [3.8, 4) is 5.75 Å². The maximum Gasteiger partial charge on any atom is 0.221 e. The molecule has 0 saturated heterocycles. The normalized spacial score (nSPS) is 16.9. The molecule has 1 amide bonds. The summed E-state index contributed by atoms with van der Waals surface area (Å²) in [6, 6.07) is 5.82. The third-order valence-electron chi connectivity index (χ3n) is 2.51. The Balaban J connectivity index is 2.26. The molecule has 1 aliphatic rings. The zero-order valence-corrected chi connectivity index (χ0v) is 9.04. The summed E-state index contributed by atoms with van der Waals surface area (Å²) in [4.78, 5) is 10.8. The minimum Gasteiger partial charge on any atom is -0.487 e. The summed E-state index contributed by atoms with van der Waals surface area (Å²) in [5.41, 5.74) is 7.15. The van der Waals surface area contributed by atoms with Crippen molar-refractivity contribution in [2.24, 2.45) is 5.73 Å². The van der Waals surface area contributed by atoms with Crippen LogP contribution >= 0.6 is 0 Å². The zero-order chi connectivity index (χ0) is 11.1. The molecular weight excluding hydrogens is 190 g/mol. The van der Waals surface area contributed by atoms with Crippen molar-refractivity contribution in [1.29, 1.82) is 0 Å². The molecule has 3 nitrogen and oxygen atoms in total. The van der Waals surface area contributed by atoms with Gasteiger partial charge in [0.25, 0.3) is 0 Å². The fourth-order valence-corrected chi connectivity index (χ4v) is 1.97. The van der Waals surface area contributed by atoms with Gasteiger partial charge in [0.05, 0.1) is 6.42 Å². The van der Waals surface area contributed by atoms with Crippen molar-refractivity contribution in [3.63, 3.8) is 0 Å². The molecule has 2 N–H and O–H groups in total. The summed E-state index contributed by atoms with van der Waals surface area (Å²) >= 11 is 0. The Bertz CT molecular complexity index is 410. The van der Waals surface area contributed by atoms with Gasteiger partial charge >= 0.3 is 0 Å². The van der Waals surface area contributed by atoms with Gasteiger partial charge in [-0.05, 0) is 31.0 Å². The van der Waals surface area contributed by atoms with Crippen molar-refractivity contribution in [2.45, 2.75) is 32.3 Å². The van der Waals surface area contributed by atoms with E-state index in [0.717, 1.165) is 17.7 Å². The van der Waals surface area contributed by atoms with Crippen molar-refractivity contribution >= 4 is 5.91 Å². The first kappa shape index (κ1) is 10.0. The molecule has 0 radical (unpaired) electrons. The third kappa shape index (κ3) is 2.12. The van der Waals surface area contributed by atoms with Crippen LogP contribution in [-0.4, -0.2) is 11.5 Å². The van der Waals surface area contributed by atoms with Crippen molar-refractivity contribution in [3.05, 3.63) is 29.3 Å². The van der Waals surface area contributed by atoms with Crippen molar-refractivity contribution in [2.75, 3.05) is 0 Å². The van der Waals surface area contributed by atoms with Crippen LogP contribution in [0.4, 0.5) is 0 Å². The number of carbonyl (C=O) groups excluding carboxylic acids is 1. The maximum atomic E-state index is 10.8.